The molecule has 4 aliphatic heterocycles. The van der Waals surface area contributed by atoms with Crippen LogP contribution in [0.2, 0.25) is 5.02 Å². The number of carbonyl (C=O) groups is 3. The summed E-state index contributed by atoms with van der Waals surface area (Å²) in [4.78, 5) is 43.7. The van der Waals surface area contributed by atoms with Gasteiger partial charge in [0.25, 0.3) is 0 Å². The molecule has 6 nitrogen and oxygen atoms in total. The van der Waals surface area contributed by atoms with Gasteiger partial charge < -0.3 is 5.32 Å². The molecule has 0 unspecified atom stereocenters. The largest absolute Gasteiger partial charge is 0.324 e. The van der Waals surface area contributed by atoms with Crippen molar-refractivity contribution in [1.29, 1.82) is 0 Å². The van der Waals surface area contributed by atoms with Crippen LogP contribution in [0.3, 0.4) is 0 Å². The Bertz CT molecular complexity index is 887. The van der Waals surface area contributed by atoms with E-state index in [-0.39, 0.29) is 29.8 Å². The number of nitrogens with one attached hydrogen (secondary N) is 1. The number of likely N-dealkylation sites (tertiary alicyclic amines) is 1. The Kier molecular flexibility index (Phi) is 3.53. The summed E-state index contributed by atoms with van der Waals surface area (Å²) in [6, 6.07) is 5.08. The molecule has 4 heterocycles. The highest BCUT2D eigenvalue weighted by atomic mass is 35.5. The van der Waals surface area contributed by atoms with Gasteiger partial charge in [-0.25, -0.2) is 0 Å². The Hall–Kier alpha value is -1.92. The number of hydrogen-bond donors (Lipinski definition) is 1. The lowest BCUT2D eigenvalue weighted by molar-refractivity contribution is -0.147. The predicted octanol–water partition coefficient (Wildman–Crippen LogP) is 2.37. The number of anilines is 1. The van der Waals surface area contributed by atoms with Gasteiger partial charge in [0.1, 0.15) is 5.54 Å². The highest BCUT2D eigenvalue weighted by Crippen LogP contribution is 2.60. The Morgan fingerprint density at radius 1 is 1.30 bits per heavy atom. The maximum Gasteiger partial charge on any atom is 0.250 e. The van der Waals surface area contributed by atoms with Crippen molar-refractivity contribution in [3.63, 3.8) is 0 Å². The van der Waals surface area contributed by atoms with Crippen LogP contribution in [0.1, 0.15) is 38.7 Å². The average molecular weight is 388 g/mol. The van der Waals surface area contributed by atoms with Crippen molar-refractivity contribution < 1.29 is 14.4 Å². The lowest BCUT2D eigenvalue weighted by Crippen LogP contribution is -2.54. The minimum absolute atomic E-state index is 0.0730. The molecule has 1 aromatic rings. The van der Waals surface area contributed by atoms with E-state index in [0.717, 1.165) is 18.4 Å². The standard InChI is InChI=1S/C20H22ClN3O3/c1-3-10(2)24-17(25)15-14-5-4-8-23(14)20(16(15)18(24)26)12-9-11(21)6-7-13(12)22-19(20)27/h6-7,9-10,14-16H,3-5,8H2,1-2H3,(H,22,27)/t10-,14-,15+,16-,20+/m0/s1. The van der Waals surface area contributed by atoms with Crippen molar-refractivity contribution >= 4 is 35.0 Å². The van der Waals surface area contributed by atoms with E-state index in [4.69, 9.17) is 11.6 Å². The first-order valence-corrected chi connectivity index (χ1v) is 10.1. The third-order valence-corrected chi connectivity index (χ3v) is 7.26. The van der Waals surface area contributed by atoms with Crippen LogP contribution in [0.15, 0.2) is 18.2 Å². The number of nitrogens with zero attached hydrogens (tertiary/aromatic N) is 2. The number of halogens is 1. The maximum absolute atomic E-state index is 13.5. The van der Waals surface area contributed by atoms with Crippen LogP contribution in [0, 0.1) is 11.8 Å². The van der Waals surface area contributed by atoms with Crippen molar-refractivity contribution in [3.05, 3.63) is 28.8 Å². The molecule has 1 N–H and O–H groups in total. The molecule has 0 saturated carbocycles. The molecule has 1 spiro atoms. The van der Waals surface area contributed by atoms with Gasteiger partial charge in [0.2, 0.25) is 17.7 Å². The molecule has 3 fully saturated rings. The van der Waals surface area contributed by atoms with E-state index in [1.165, 1.54) is 4.90 Å². The maximum atomic E-state index is 13.5. The third kappa shape index (κ3) is 1.88. The topological polar surface area (TPSA) is 69.7 Å². The summed E-state index contributed by atoms with van der Waals surface area (Å²) in [6.07, 6.45) is 2.45. The zero-order chi connectivity index (χ0) is 19.1. The van der Waals surface area contributed by atoms with Gasteiger partial charge in [0, 0.05) is 28.4 Å². The van der Waals surface area contributed by atoms with Crippen molar-refractivity contribution in [1.82, 2.24) is 9.80 Å². The third-order valence-electron chi connectivity index (χ3n) is 7.02. The summed E-state index contributed by atoms with van der Waals surface area (Å²) in [5.41, 5.74) is 0.311. The van der Waals surface area contributed by atoms with Crippen LogP contribution in [-0.4, -0.2) is 46.1 Å². The van der Waals surface area contributed by atoms with E-state index < -0.39 is 17.4 Å². The summed E-state index contributed by atoms with van der Waals surface area (Å²) in [7, 11) is 0. The van der Waals surface area contributed by atoms with E-state index in [0.29, 0.717) is 23.7 Å². The van der Waals surface area contributed by atoms with Gasteiger partial charge in [-0.3, -0.25) is 24.2 Å². The first-order chi connectivity index (χ1) is 12.9. The number of carbonyl (C=O) groups excluding carboxylic acids is 3. The number of hydrogen-bond acceptors (Lipinski definition) is 4. The number of amides is 3. The zero-order valence-electron chi connectivity index (χ0n) is 15.4. The van der Waals surface area contributed by atoms with E-state index in [9.17, 15) is 14.4 Å². The van der Waals surface area contributed by atoms with Crippen LogP contribution in [0.4, 0.5) is 5.69 Å². The Balaban J connectivity index is 1.74. The smallest absolute Gasteiger partial charge is 0.250 e. The van der Waals surface area contributed by atoms with Crippen molar-refractivity contribution in [2.24, 2.45) is 11.8 Å². The second-order valence-electron chi connectivity index (χ2n) is 8.12. The molecular formula is C20H22ClN3O3. The molecule has 3 amide bonds. The molecule has 7 heteroatoms. The van der Waals surface area contributed by atoms with Crippen molar-refractivity contribution in [3.8, 4) is 0 Å². The fourth-order valence-electron chi connectivity index (χ4n) is 5.81. The number of imide groups is 1. The fraction of sp³-hybridized carbons (Fsp3) is 0.550. The van der Waals surface area contributed by atoms with Crippen LogP contribution < -0.4 is 5.32 Å². The molecule has 0 aliphatic carbocycles. The Morgan fingerprint density at radius 3 is 2.81 bits per heavy atom. The van der Waals surface area contributed by atoms with Gasteiger partial charge in [0.15, 0.2) is 0 Å². The Morgan fingerprint density at radius 2 is 2.07 bits per heavy atom. The molecule has 4 aliphatic rings. The highest BCUT2D eigenvalue weighted by Gasteiger charge is 2.74. The quantitative estimate of drug-likeness (QED) is 0.791. The average Bonchev–Trinajstić information content (AvgIpc) is 3.33. The molecule has 1 aromatic carbocycles. The molecule has 5 atom stereocenters. The summed E-state index contributed by atoms with van der Waals surface area (Å²) in [6.45, 7) is 4.57. The molecule has 0 radical (unpaired) electrons. The Labute approximate surface area is 162 Å². The second kappa shape index (κ2) is 5.55. The van der Waals surface area contributed by atoms with Gasteiger partial charge in [-0.1, -0.05) is 18.5 Å². The van der Waals surface area contributed by atoms with E-state index in [2.05, 4.69) is 10.2 Å². The van der Waals surface area contributed by atoms with Crippen LogP contribution in [0.5, 0.6) is 0 Å². The molecule has 3 saturated heterocycles. The van der Waals surface area contributed by atoms with E-state index >= 15 is 0 Å². The summed E-state index contributed by atoms with van der Waals surface area (Å²) >= 11 is 6.27. The van der Waals surface area contributed by atoms with Crippen molar-refractivity contribution in [2.45, 2.75) is 50.7 Å². The van der Waals surface area contributed by atoms with E-state index in [1.807, 2.05) is 13.8 Å². The molecular weight excluding hydrogens is 366 g/mol. The summed E-state index contributed by atoms with van der Waals surface area (Å²) < 4.78 is 0. The van der Waals surface area contributed by atoms with Crippen LogP contribution in [0.25, 0.3) is 0 Å². The van der Waals surface area contributed by atoms with Gasteiger partial charge >= 0.3 is 0 Å². The monoisotopic (exact) mass is 387 g/mol. The highest BCUT2D eigenvalue weighted by molar-refractivity contribution is 6.31. The molecule has 0 aromatic heterocycles. The summed E-state index contributed by atoms with van der Waals surface area (Å²) in [5, 5.41) is 3.48. The predicted molar refractivity (Wildman–Crippen MR) is 100 cm³/mol. The first kappa shape index (κ1) is 17.2. The van der Waals surface area contributed by atoms with Gasteiger partial charge in [0.05, 0.1) is 11.8 Å². The molecule has 0 bridgehead atoms. The zero-order valence-corrected chi connectivity index (χ0v) is 16.1. The van der Waals surface area contributed by atoms with Crippen LogP contribution in [-0.2, 0) is 19.9 Å². The lowest BCUT2D eigenvalue weighted by atomic mass is 9.75. The van der Waals surface area contributed by atoms with Gasteiger partial charge in [-0.15, -0.1) is 0 Å². The number of benzene rings is 1. The van der Waals surface area contributed by atoms with Crippen LogP contribution >= 0.6 is 11.6 Å². The molecule has 5 rings (SSSR count). The second-order valence-corrected chi connectivity index (χ2v) is 8.56. The minimum atomic E-state index is -1.12. The first-order valence-electron chi connectivity index (χ1n) is 9.68. The van der Waals surface area contributed by atoms with Crippen molar-refractivity contribution in [2.75, 3.05) is 11.9 Å². The molecule has 27 heavy (non-hydrogen) atoms. The molecule has 142 valence electrons. The van der Waals surface area contributed by atoms with Gasteiger partial charge in [-0.2, -0.15) is 0 Å². The van der Waals surface area contributed by atoms with E-state index in [1.54, 1.807) is 18.2 Å². The summed E-state index contributed by atoms with van der Waals surface area (Å²) in [5.74, 6) is -1.66. The number of rotatable bonds is 2. The number of fused-ring (bicyclic) bond motifs is 7. The fourth-order valence-corrected chi connectivity index (χ4v) is 5.99. The normalized spacial score (nSPS) is 35.6. The SMILES string of the molecule is CC[C@H](C)N1C(=O)[C@H]2[C@@H](C1=O)[C@]1(C(=O)Nc3ccc(Cl)cc31)N1CCC[C@@H]21. The van der Waals surface area contributed by atoms with Gasteiger partial charge in [-0.05, 0) is 50.9 Å². The minimum Gasteiger partial charge on any atom is -0.324 e. The lowest BCUT2D eigenvalue weighted by Gasteiger charge is -2.37.